The van der Waals surface area contributed by atoms with Crippen LogP contribution in [-0.4, -0.2) is 32.0 Å². The maximum absolute atomic E-state index is 13.1. The first kappa shape index (κ1) is 16.1. The summed E-state index contributed by atoms with van der Waals surface area (Å²) in [5, 5.41) is 0. The normalized spacial score (nSPS) is 14.0. The summed E-state index contributed by atoms with van der Waals surface area (Å²) in [6, 6.07) is 14.2. The quantitative estimate of drug-likeness (QED) is 0.864. The van der Waals surface area contributed by atoms with Gasteiger partial charge in [0.25, 0.3) is 5.91 Å². The van der Waals surface area contributed by atoms with Crippen molar-refractivity contribution >= 4 is 17.3 Å². The molecule has 4 nitrogen and oxygen atoms in total. The molecule has 0 saturated carbocycles. The number of carbonyl (C=O) groups excluding carboxylic acids is 1. The fourth-order valence-corrected chi connectivity index (χ4v) is 3.00. The van der Waals surface area contributed by atoms with Crippen molar-refractivity contribution in [3.63, 3.8) is 0 Å². The summed E-state index contributed by atoms with van der Waals surface area (Å²) in [4.78, 5) is 18.8. The number of anilines is 2. The van der Waals surface area contributed by atoms with Gasteiger partial charge >= 0.3 is 0 Å². The van der Waals surface area contributed by atoms with E-state index >= 15 is 0 Å². The summed E-state index contributed by atoms with van der Waals surface area (Å²) in [5.74, 6) is 0.699. The molecule has 0 aromatic heterocycles. The second-order valence-corrected chi connectivity index (χ2v) is 6.45. The van der Waals surface area contributed by atoms with Crippen LogP contribution in [0.25, 0.3) is 0 Å². The molecule has 0 fully saturated rings. The number of hydrogen-bond acceptors (Lipinski definition) is 3. The van der Waals surface area contributed by atoms with E-state index in [4.69, 9.17) is 0 Å². The smallest absolute Gasteiger partial charge is 0.261 e. The van der Waals surface area contributed by atoms with E-state index in [1.807, 2.05) is 61.3 Å². The van der Waals surface area contributed by atoms with Gasteiger partial charge in [-0.3, -0.25) is 9.69 Å². The molecule has 1 amide bonds. The molecule has 4 heteroatoms. The third kappa shape index (κ3) is 2.75. The lowest BCUT2D eigenvalue weighted by Crippen LogP contribution is -2.42. The predicted molar refractivity (Wildman–Crippen MR) is 99.4 cm³/mol. The van der Waals surface area contributed by atoms with E-state index in [9.17, 15) is 4.79 Å². The second kappa shape index (κ2) is 6.04. The first-order valence-corrected chi connectivity index (χ1v) is 8.00. The minimum absolute atomic E-state index is 0.00157. The molecule has 0 N–H and O–H groups in total. The van der Waals surface area contributed by atoms with Crippen molar-refractivity contribution in [1.29, 1.82) is 0 Å². The molecule has 124 valence electrons. The summed E-state index contributed by atoms with van der Waals surface area (Å²) in [7, 11) is 5.90. The third-order valence-corrected chi connectivity index (χ3v) is 4.46. The van der Waals surface area contributed by atoms with E-state index in [0.717, 1.165) is 16.9 Å². The van der Waals surface area contributed by atoms with Gasteiger partial charge in [0, 0.05) is 26.8 Å². The fourth-order valence-electron chi connectivity index (χ4n) is 3.00. The SMILES string of the molecule is C=C1N(Cc2cccc(C)c2)C(=O)c2cc(N(C)C)ccc2N1C. The van der Waals surface area contributed by atoms with Crippen LogP contribution in [0.3, 0.4) is 0 Å². The van der Waals surface area contributed by atoms with Crippen LogP contribution < -0.4 is 9.80 Å². The number of rotatable bonds is 3. The number of carbonyl (C=O) groups is 1. The van der Waals surface area contributed by atoms with Crippen LogP contribution in [0, 0.1) is 6.92 Å². The van der Waals surface area contributed by atoms with Crippen LogP contribution in [0.15, 0.2) is 54.9 Å². The molecule has 24 heavy (non-hydrogen) atoms. The molecule has 2 aromatic carbocycles. The highest BCUT2D eigenvalue weighted by atomic mass is 16.2. The number of benzene rings is 2. The maximum atomic E-state index is 13.1. The highest BCUT2D eigenvalue weighted by Gasteiger charge is 2.31. The summed E-state index contributed by atoms with van der Waals surface area (Å²) < 4.78 is 0. The van der Waals surface area contributed by atoms with Gasteiger partial charge in [0.05, 0.1) is 17.8 Å². The highest BCUT2D eigenvalue weighted by molar-refractivity contribution is 6.04. The number of hydrogen-bond donors (Lipinski definition) is 0. The Bertz CT molecular complexity index is 810. The number of nitrogens with zero attached hydrogens (tertiary/aromatic N) is 3. The molecule has 0 bridgehead atoms. The molecule has 1 aliphatic heterocycles. The van der Waals surface area contributed by atoms with Crippen LogP contribution >= 0.6 is 0 Å². The van der Waals surface area contributed by atoms with Gasteiger partial charge in [-0.25, -0.2) is 0 Å². The Balaban J connectivity index is 1.99. The standard InChI is InChI=1S/C20H23N3O/c1-14-7-6-8-16(11-14)13-23-15(2)22(5)19-10-9-17(21(3)4)12-18(19)20(23)24/h6-12H,2,13H2,1,3-5H3. The topological polar surface area (TPSA) is 26.8 Å². The van der Waals surface area contributed by atoms with Crippen molar-refractivity contribution in [3.05, 3.63) is 71.6 Å². The number of aryl methyl sites for hydroxylation is 1. The average molecular weight is 321 g/mol. The maximum Gasteiger partial charge on any atom is 0.261 e. The van der Waals surface area contributed by atoms with Gasteiger partial charge in [0.2, 0.25) is 0 Å². The number of amides is 1. The molecule has 0 atom stereocenters. The summed E-state index contributed by atoms with van der Waals surface area (Å²) >= 11 is 0. The van der Waals surface area contributed by atoms with Crippen molar-refractivity contribution in [2.75, 3.05) is 30.9 Å². The molecule has 0 spiro atoms. The van der Waals surface area contributed by atoms with E-state index in [1.165, 1.54) is 5.56 Å². The first-order valence-electron chi connectivity index (χ1n) is 8.00. The Labute approximate surface area is 143 Å². The Morgan fingerprint density at radius 1 is 1.12 bits per heavy atom. The molecule has 0 unspecified atom stereocenters. The fraction of sp³-hybridized carbons (Fsp3) is 0.250. The highest BCUT2D eigenvalue weighted by Crippen LogP contribution is 2.34. The van der Waals surface area contributed by atoms with Crippen LogP contribution in [0.4, 0.5) is 11.4 Å². The third-order valence-electron chi connectivity index (χ3n) is 4.46. The Morgan fingerprint density at radius 3 is 2.54 bits per heavy atom. The molecular weight excluding hydrogens is 298 g/mol. The Kier molecular flexibility index (Phi) is 4.06. The number of fused-ring (bicyclic) bond motifs is 1. The Morgan fingerprint density at radius 2 is 1.88 bits per heavy atom. The van der Waals surface area contributed by atoms with E-state index < -0.39 is 0 Å². The molecule has 2 aromatic rings. The van der Waals surface area contributed by atoms with E-state index in [-0.39, 0.29) is 5.91 Å². The predicted octanol–water partition coefficient (Wildman–Crippen LogP) is 3.62. The molecule has 3 rings (SSSR count). The van der Waals surface area contributed by atoms with Gasteiger partial charge in [-0.1, -0.05) is 36.4 Å². The molecule has 0 saturated heterocycles. The lowest BCUT2D eigenvalue weighted by molar-refractivity contribution is 0.0784. The lowest BCUT2D eigenvalue weighted by Gasteiger charge is -2.38. The van der Waals surface area contributed by atoms with Crippen molar-refractivity contribution in [3.8, 4) is 0 Å². The van der Waals surface area contributed by atoms with Gasteiger partial charge < -0.3 is 9.80 Å². The van der Waals surface area contributed by atoms with Crippen molar-refractivity contribution in [2.24, 2.45) is 0 Å². The van der Waals surface area contributed by atoms with Gasteiger partial charge in [0.15, 0.2) is 0 Å². The minimum atomic E-state index is -0.00157. The Hall–Kier alpha value is -2.75. The molecule has 1 heterocycles. The monoisotopic (exact) mass is 321 g/mol. The van der Waals surface area contributed by atoms with Crippen molar-refractivity contribution in [1.82, 2.24) is 4.90 Å². The van der Waals surface area contributed by atoms with Crippen LogP contribution in [0.2, 0.25) is 0 Å². The summed E-state index contributed by atoms with van der Waals surface area (Å²) in [6.45, 7) is 6.70. The largest absolute Gasteiger partial charge is 0.378 e. The van der Waals surface area contributed by atoms with Crippen LogP contribution in [-0.2, 0) is 6.54 Å². The van der Waals surface area contributed by atoms with E-state index in [1.54, 1.807) is 4.90 Å². The first-order chi connectivity index (χ1) is 11.4. The zero-order chi connectivity index (χ0) is 17.4. The van der Waals surface area contributed by atoms with E-state index in [0.29, 0.717) is 17.9 Å². The minimum Gasteiger partial charge on any atom is -0.378 e. The van der Waals surface area contributed by atoms with Gasteiger partial charge in [0.1, 0.15) is 5.82 Å². The van der Waals surface area contributed by atoms with Gasteiger partial charge in [-0.05, 0) is 30.7 Å². The lowest BCUT2D eigenvalue weighted by atomic mass is 10.0. The van der Waals surface area contributed by atoms with Crippen molar-refractivity contribution < 1.29 is 4.79 Å². The summed E-state index contributed by atoms with van der Waals surface area (Å²) in [5.41, 5.74) is 4.91. The van der Waals surface area contributed by atoms with Gasteiger partial charge in [-0.15, -0.1) is 0 Å². The summed E-state index contributed by atoms with van der Waals surface area (Å²) in [6.07, 6.45) is 0. The molecule has 0 aliphatic carbocycles. The zero-order valence-electron chi connectivity index (χ0n) is 14.7. The van der Waals surface area contributed by atoms with Crippen molar-refractivity contribution in [2.45, 2.75) is 13.5 Å². The average Bonchev–Trinajstić information content (AvgIpc) is 2.56. The molecule has 0 radical (unpaired) electrons. The van der Waals surface area contributed by atoms with Crippen LogP contribution in [0.5, 0.6) is 0 Å². The molecule has 1 aliphatic rings. The molecular formula is C20H23N3O. The second-order valence-electron chi connectivity index (χ2n) is 6.45. The van der Waals surface area contributed by atoms with Gasteiger partial charge in [-0.2, -0.15) is 0 Å². The van der Waals surface area contributed by atoms with Crippen LogP contribution in [0.1, 0.15) is 21.5 Å². The zero-order valence-corrected chi connectivity index (χ0v) is 14.7. The van der Waals surface area contributed by atoms with E-state index in [2.05, 4.69) is 25.6 Å².